The Morgan fingerprint density at radius 1 is 1.44 bits per heavy atom. The zero-order chi connectivity index (χ0) is 13.5. The first-order valence-electron chi connectivity index (χ1n) is 6.47. The number of hydrogen-bond donors (Lipinski definition) is 2. The van der Waals surface area contributed by atoms with E-state index in [9.17, 15) is 0 Å². The van der Waals surface area contributed by atoms with E-state index in [4.69, 9.17) is 9.84 Å². The maximum atomic E-state index is 8.96. The van der Waals surface area contributed by atoms with Crippen molar-refractivity contribution in [1.82, 2.24) is 10.3 Å². The van der Waals surface area contributed by atoms with Gasteiger partial charge in [-0.3, -0.25) is 4.98 Å². The van der Waals surface area contributed by atoms with Crippen LogP contribution in [0.5, 0.6) is 5.75 Å². The van der Waals surface area contributed by atoms with E-state index in [1.54, 1.807) is 7.11 Å². The largest absolute Gasteiger partial charge is 0.496 e. The quantitative estimate of drug-likeness (QED) is 0.779. The van der Waals surface area contributed by atoms with Crippen LogP contribution >= 0.6 is 0 Å². The summed E-state index contributed by atoms with van der Waals surface area (Å²) < 4.78 is 5.39. The van der Waals surface area contributed by atoms with E-state index in [1.807, 2.05) is 20.0 Å². The maximum Gasteiger partial charge on any atom is 0.128 e. The van der Waals surface area contributed by atoms with Crippen molar-refractivity contribution < 1.29 is 9.84 Å². The van der Waals surface area contributed by atoms with E-state index in [0.717, 1.165) is 35.4 Å². The number of hydrogen-bond acceptors (Lipinski definition) is 4. The van der Waals surface area contributed by atoms with Crippen LogP contribution in [0, 0.1) is 13.8 Å². The highest BCUT2D eigenvalue weighted by Crippen LogP contribution is 2.23. The van der Waals surface area contributed by atoms with Gasteiger partial charge in [0.25, 0.3) is 0 Å². The molecule has 0 fully saturated rings. The van der Waals surface area contributed by atoms with Gasteiger partial charge in [0, 0.05) is 36.5 Å². The van der Waals surface area contributed by atoms with Gasteiger partial charge in [0.1, 0.15) is 5.75 Å². The summed E-state index contributed by atoms with van der Waals surface area (Å²) in [4.78, 5) is 4.45. The van der Waals surface area contributed by atoms with E-state index < -0.39 is 0 Å². The Hall–Kier alpha value is -1.13. The second-order valence-electron chi connectivity index (χ2n) is 4.54. The lowest BCUT2D eigenvalue weighted by Gasteiger charge is -2.17. The molecule has 0 bridgehead atoms. The van der Waals surface area contributed by atoms with Crippen LogP contribution in [-0.4, -0.2) is 29.8 Å². The fraction of sp³-hybridized carbons (Fsp3) is 0.643. The van der Waals surface area contributed by atoms with Crippen LogP contribution < -0.4 is 10.1 Å². The number of aliphatic hydroxyl groups is 1. The van der Waals surface area contributed by atoms with Crippen molar-refractivity contribution in [3.63, 3.8) is 0 Å². The molecular weight excluding hydrogens is 228 g/mol. The van der Waals surface area contributed by atoms with Crippen LogP contribution in [0.2, 0.25) is 0 Å². The molecule has 0 aliphatic carbocycles. The van der Waals surface area contributed by atoms with Gasteiger partial charge in [0.15, 0.2) is 0 Å². The van der Waals surface area contributed by atoms with Crippen molar-refractivity contribution >= 4 is 0 Å². The summed E-state index contributed by atoms with van der Waals surface area (Å²) in [6.45, 7) is 7.07. The molecule has 1 atom stereocenters. The first-order valence-corrected chi connectivity index (χ1v) is 6.47. The third-order valence-electron chi connectivity index (χ3n) is 3.28. The molecule has 0 amide bonds. The number of aryl methyl sites for hydroxylation is 1. The van der Waals surface area contributed by atoms with Crippen molar-refractivity contribution in [3.05, 3.63) is 23.0 Å². The highest BCUT2D eigenvalue weighted by molar-refractivity contribution is 5.40. The Bertz CT molecular complexity index is 380. The summed E-state index contributed by atoms with van der Waals surface area (Å²) in [7, 11) is 1.69. The van der Waals surface area contributed by atoms with Gasteiger partial charge < -0.3 is 15.2 Å². The summed E-state index contributed by atoms with van der Waals surface area (Å²) in [5.41, 5.74) is 3.15. The molecular formula is C14H24N2O2. The highest BCUT2D eigenvalue weighted by atomic mass is 16.5. The second kappa shape index (κ2) is 7.34. The van der Waals surface area contributed by atoms with Gasteiger partial charge in [0.05, 0.1) is 12.8 Å². The minimum absolute atomic E-state index is 0.217. The summed E-state index contributed by atoms with van der Waals surface area (Å²) in [5, 5.41) is 12.4. The van der Waals surface area contributed by atoms with Gasteiger partial charge in [-0.2, -0.15) is 0 Å². The summed E-state index contributed by atoms with van der Waals surface area (Å²) >= 11 is 0. The molecule has 102 valence electrons. The van der Waals surface area contributed by atoms with Crippen LogP contribution in [0.3, 0.4) is 0 Å². The SMILES string of the molecule is CCC(CCO)NCc1ncc(C)c(OC)c1C. The van der Waals surface area contributed by atoms with E-state index in [2.05, 4.69) is 17.2 Å². The zero-order valence-electron chi connectivity index (χ0n) is 11.8. The summed E-state index contributed by atoms with van der Waals surface area (Å²) in [5.74, 6) is 0.914. The minimum atomic E-state index is 0.217. The van der Waals surface area contributed by atoms with Crippen molar-refractivity contribution in [2.45, 2.75) is 46.2 Å². The van der Waals surface area contributed by atoms with Gasteiger partial charge in [-0.25, -0.2) is 0 Å². The molecule has 1 aromatic rings. The Labute approximate surface area is 109 Å². The van der Waals surface area contributed by atoms with Crippen LogP contribution in [0.25, 0.3) is 0 Å². The first-order chi connectivity index (χ1) is 8.63. The number of nitrogens with one attached hydrogen (secondary N) is 1. The number of ether oxygens (including phenoxy) is 1. The average molecular weight is 252 g/mol. The molecule has 1 rings (SSSR count). The Morgan fingerprint density at radius 2 is 2.17 bits per heavy atom. The Balaban J connectivity index is 2.73. The molecule has 0 saturated heterocycles. The first kappa shape index (κ1) is 14.9. The van der Waals surface area contributed by atoms with Crippen molar-refractivity contribution in [2.75, 3.05) is 13.7 Å². The van der Waals surface area contributed by atoms with Crippen LogP contribution in [0.1, 0.15) is 36.6 Å². The molecule has 1 heterocycles. The van der Waals surface area contributed by atoms with E-state index in [0.29, 0.717) is 12.6 Å². The summed E-state index contributed by atoms with van der Waals surface area (Å²) in [6, 6.07) is 0.337. The van der Waals surface area contributed by atoms with E-state index in [1.165, 1.54) is 0 Å². The van der Waals surface area contributed by atoms with E-state index >= 15 is 0 Å². The normalized spacial score (nSPS) is 12.5. The highest BCUT2D eigenvalue weighted by Gasteiger charge is 2.11. The smallest absolute Gasteiger partial charge is 0.128 e. The topological polar surface area (TPSA) is 54.4 Å². The van der Waals surface area contributed by atoms with Crippen LogP contribution in [-0.2, 0) is 6.54 Å². The molecule has 0 spiro atoms. The second-order valence-corrected chi connectivity index (χ2v) is 4.54. The molecule has 1 aromatic heterocycles. The van der Waals surface area contributed by atoms with Crippen molar-refractivity contribution in [2.24, 2.45) is 0 Å². The number of rotatable bonds is 7. The van der Waals surface area contributed by atoms with Gasteiger partial charge in [-0.15, -0.1) is 0 Å². The maximum absolute atomic E-state index is 8.96. The molecule has 4 heteroatoms. The molecule has 0 saturated carbocycles. The van der Waals surface area contributed by atoms with Crippen LogP contribution in [0.4, 0.5) is 0 Å². The standard InChI is InChI=1S/C14H24N2O2/c1-5-12(6-7-17)15-9-13-11(3)14(18-4)10(2)8-16-13/h8,12,15,17H,5-7,9H2,1-4H3. The lowest BCUT2D eigenvalue weighted by molar-refractivity contribution is 0.261. The minimum Gasteiger partial charge on any atom is -0.496 e. The van der Waals surface area contributed by atoms with Crippen molar-refractivity contribution in [3.8, 4) is 5.75 Å². The molecule has 0 aliphatic rings. The summed E-state index contributed by atoms with van der Waals surface area (Å²) in [6.07, 6.45) is 3.62. The lowest BCUT2D eigenvalue weighted by Crippen LogP contribution is -2.29. The number of nitrogens with zero attached hydrogens (tertiary/aromatic N) is 1. The molecule has 2 N–H and O–H groups in total. The molecule has 0 aliphatic heterocycles. The zero-order valence-corrected chi connectivity index (χ0v) is 11.8. The number of aliphatic hydroxyl groups excluding tert-OH is 1. The Kier molecular flexibility index (Phi) is 6.09. The predicted octanol–water partition coefficient (Wildman–Crippen LogP) is 1.96. The third kappa shape index (κ3) is 3.68. The number of aromatic nitrogens is 1. The van der Waals surface area contributed by atoms with Gasteiger partial charge in [-0.1, -0.05) is 6.92 Å². The van der Waals surface area contributed by atoms with E-state index in [-0.39, 0.29) is 6.61 Å². The number of pyridine rings is 1. The van der Waals surface area contributed by atoms with Crippen LogP contribution in [0.15, 0.2) is 6.20 Å². The molecule has 4 nitrogen and oxygen atoms in total. The lowest BCUT2D eigenvalue weighted by atomic mass is 10.1. The fourth-order valence-electron chi connectivity index (χ4n) is 2.10. The molecule has 18 heavy (non-hydrogen) atoms. The molecule has 0 radical (unpaired) electrons. The monoisotopic (exact) mass is 252 g/mol. The Morgan fingerprint density at radius 3 is 2.72 bits per heavy atom. The van der Waals surface area contributed by atoms with Gasteiger partial charge >= 0.3 is 0 Å². The third-order valence-corrected chi connectivity index (χ3v) is 3.28. The predicted molar refractivity (Wildman–Crippen MR) is 72.9 cm³/mol. The molecule has 0 aromatic carbocycles. The van der Waals surface area contributed by atoms with Crippen molar-refractivity contribution in [1.29, 1.82) is 0 Å². The van der Waals surface area contributed by atoms with Gasteiger partial charge in [-0.05, 0) is 26.7 Å². The van der Waals surface area contributed by atoms with Gasteiger partial charge in [0.2, 0.25) is 0 Å². The average Bonchev–Trinajstić information content (AvgIpc) is 2.37. The fourth-order valence-corrected chi connectivity index (χ4v) is 2.10. The molecule has 1 unspecified atom stereocenters. The number of methoxy groups -OCH3 is 1.